The van der Waals surface area contributed by atoms with Crippen LogP contribution in [0.5, 0.6) is 5.75 Å². The van der Waals surface area contributed by atoms with Gasteiger partial charge in [0.05, 0.1) is 17.7 Å². The van der Waals surface area contributed by atoms with Crippen molar-refractivity contribution >= 4 is 43.2 Å². The highest BCUT2D eigenvalue weighted by Gasteiger charge is 2.29. The molecule has 0 saturated carbocycles. The first-order valence-electron chi connectivity index (χ1n) is 8.78. The number of benzene rings is 3. The predicted octanol–water partition coefficient (Wildman–Crippen LogP) is 4.43. The standard InChI is InChI=1S/C21H18BrFN2O4S/c1-29-20-8-3-2-7-19(20)25(30(27,28)18-11-9-16(23)10-12-18)14-21(26)24-17-6-4-5-15(22)13-17/h2-13H,14H2,1H3,(H,24,26). The Labute approximate surface area is 182 Å². The minimum absolute atomic E-state index is 0.148. The monoisotopic (exact) mass is 492 g/mol. The van der Waals surface area contributed by atoms with E-state index in [1.54, 1.807) is 42.5 Å². The van der Waals surface area contributed by atoms with Crippen molar-refractivity contribution in [2.45, 2.75) is 4.90 Å². The smallest absolute Gasteiger partial charge is 0.264 e. The van der Waals surface area contributed by atoms with Gasteiger partial charge in [0.15, 0.2) is 0 Å². The molecule has 156 valence electrons. The van der Waals surface area contributed by atoms with Crippen LogP contribution in [0.2, 0.25) is 0 Å². The molecule has 9 heteroatoms. The number of carbonyl (C=O) groups is 1. The van der Waals surface area contributed by atoms with E-state index in [1.165, 1.54) is 13.2 Å². The van der Waals surface area contributed by atoms with E-state index in [0.717, 1.165) is 33.0 Å². The number of rotatable bonds is 7. The molecule has 0 aliphatic rings. The number of amides is 1. The van der Waals surface area contributed by atoms with E-state index in [1.807, 2.05) is 0 Å². The summed E-state index contributed by atoms with van der Waals surface area (Å²) < 4.78 is 46.9. The highest BCUT2D eigenvalue weighted by atomic mass is 79.9. The fourth-order valence-electron chi connectivity index (χ4n) is 2.77. The van der Waals surface area contributed by atoms with Crippen LogP contribution in [0.1, 0.15) is 0 Å². The predicted molar refractivity (Wildman–Crippen MR) is 117 cm³/mol. The zero-order valence-electron chi connectivity index (χ0n) is 15.9. The normalized spacial score (nSPS) is 11.0. The third-order valence-electron chi connectivity index (χ3n) is 4.15. The first-order chi connectivity index (χ1) is 14.3. The van der Waals surface area contributed by atoms with Crippen LogP contribution >= 0.6 is 15.9 Å². The van der Waals surface area contributed by atoms with Crippen molar-refractivity contribution in [3.8, 4) is 5.75 Å². The quantitative estimate of drug-likeness (QED) is 0.529. The number of nitrogens with one attached hydrogen (secondary N) is 1. The molecule has 0 aliphatic carbocycles. The number of sulfonamides is 1. The Bertz CT molecular complexity index is 1150. The Balaban J connectivity index is 1.99. The van der Waals surface area contributed by atoms with Crippen LogP contribution in [0.3, 0.4) is 0 Å². The van der Waals surface area contributed by atoms with Crippen molar-refractivity contribution in [2.75, 3.05) is 23.3 Å². The van der Waals surface area contributed by atoms with Crippen LogP contribution in [0.4, 0.5) is 15.8 Å². The number of ether oxygens (including phenoxy) is 1. The molecule has 0 bridgehead atoms. The van der Waals surface area contributed by atoms with Gasteiger partial charge in [0.25, 0.3) is 10.0 Å². The van der Waals surface area contributed by atoms with Gasteiger partial charge in [0, 0.05) is 10.2 Å². The minimum Gasteiger partial charge on any atom is -0.495 e. The van der Waals surface area contributed by atoms with Crippen LogP contribution < -0.4 is 14.4 Å². The number of para-hydroxylation sites is 2. The fourth-order valence-corrected chi connectivity index (χ4v) is 4.60. The molecule has 30 heavy (non-hydrogen) atoms. The van der Waals surface area contributed by atoms with Crippen molar-refractivity contribution in [3.63, 3.8) is 0 Å². The van der Waals surface area contributed by atoms with E-state index in [0.29, 0.717) is 5.69 Å². The lowest BCUT2D eigenvalue weighted by atomic mass is 10.3. The molecule has 3 aromatic carbocycles. The number of halogens is 2. The van der Waals surface area contributed by atoms with Crippen molar-refractivity contribution in [1.29, 1.82) is 0 Å². The molecule has 0 aromatic heterocycles. The average Bonchev–Trinajstić information content (AvgIpc) is 2.72. The van der Waals surface area contributed by atoms with Crippen LogP contribution in [0, 0.1) is 5.82 Å². The first kappa shape index (κ1) is 21.8. The van der Waals surface area contributed by atoms with Crippen molar-refractivity contribution < 1.29 is 22.3 Å². The third kappa shape index (κ3) is 4.98. The summed E-state index contributed by atoms with van der Waals surface area (Å²) >= 11 is 3.32. The van der Waals surface area contributed by atoms with Gasteiger partial charge in [-0.05, 0) is 54.6 Å². The lowest BCUT2D eigenvalue weighted by molar-refractivity contribution is -0.114. The number of nitrogens with zero attached hydrogens (tertiary/aromatic N) is 1. The summed E-state index contributed by atoms with van der Waals surface area (Å²) in [6.45, 7) is -0.507. The summed E-state index contributed by atoms with van der Waals surface area (Å²) in [5.74, 6) is -0.840. The molecule has 3 aromatic rings. The number of hydrogen-bond acceptors (Lipinski definition) is 4. The maximum Gasteiger partial charge on any atom is 0.264 e. The van der Waals surface area contributed by atoms with Crippen LogP contribution in [0.15, 0.2) is 82.2 Å². The van der Waals surface area contributed by atoms with Crippen LogP contribution in [-0.4, -0.2) is 28.0 Å². The van der Waals surface area contributed by atoms with E-state index in [2.05, 4.69) is 21.2 Å². The molecule has 0 aliphatic heterocycles. The maximum atomic E-state index is 13.3. The van der Waals surface area contributed by atoms with Gasteiger partial charge in [0.2, 0.25) is 5.91 Å². The van der Waals surface area contributed by atoms with Gasteiger partial charge in [-0.2, -0.15) is 0 Å². The lowest BCUT2D eigenvalue weighted by Crippen LogP contribution is -2.38. The van der Waals surface area contributed by atoms with Gasteiger partial charge in [-0.1, -0.05) is 34.1 Å². The van der Waals surface area contributed by atoms with Gasteiger partial charge >= 0.3 is 0 Å². The summed E-state index contributed by atoms with van der Waals surface area (Å²) in [6.07, 6.45) is 0. The van der Waals surface area contributed by atoms with Crippen LogP contribution in [-0.2, 0) is 14.8 Å². The molecule has 3 rings (SSSR count). The maximum absolute atomic E-state index is 13.3. The molecule has 1 N–H and O–H groups in total. The topological polar surface area (TPSA) is 75.7 Å². The van der Waals surface area contributed by atoms with Gasteiger partial charge in [-0.3, -0.25) is 9.10 Å². The summed E-state index contributed by atoms with van der Waals surface area (Å²) in [5.41, 5.74) is 0.697. The SMILES string of the molecule is COc1ccccc1N(CC(=O)Nc1cccc(Br)c1)S(=O)(=O)c1ccc(F)cc1. The largest absolute Gasteiger partial charge is 0.495 e. The molecule has 0 radical (unpaired) electrons. The highest BCUT2D eigenvalue weighted by Crippen LogP contribution is 2.32. The van der Waals surface area contributed by atoms with Crippen molar-refractivity contribution in [3.05, 3.63) is 83.1 Å². The lowest BCUT2D eigenvalue weighted by Gasteiger charge is -2.25. The molecule has 0 fully saturated rings. The van der Waals surface area contributed by atoms with Gasteiger partial charge in [-0.25, -0.2) is 12.8 Å². The molecular formula is C21H18BrFN2O4S. The molecule has 0 unspecified atom stereocenters. The summed E-state index contributed by atoms with van der Waals surface area (Å²) in [5, 5.41) is 2.68. The molecule has 6 nitrogen and oxygen atoms in total. The zero-order valence-corrected chi connectivity index (χ0v) is 18.3. The van der Waals surface area contributed by atoms with Gasteiger partial charge < -0.3 is 10.1 Å². The molecule has 0 atom stereocenters. The van der Waals surface area contributed by atoms with Crippen LogP contribution in [0.25, 0.3) is 0 Å². The first-order valence-corrected chi connectivity index (χ1v) is 11.0. The third-order valence-corrected chi connectivity index (χ3v) is 6.42. The van der Waals surface area contributed by atoms with Gasteiger partial charge in [0.1, 0.15) is 18.1 Å². The Kier molecular flexibility index (Phi) is 6.73. The zero-order chi connectivity index (χ0) is 21.7. The summed E-state index contributed by atoms with van der Waals surface area (Å²) in [4.78, 5) is 12.6. The van der Waals surface area contributed by atoms with E-state index in [9.17, 15) is 17.6 Å². The number of methoxy groups -OCH3 is 1. The second kappa shape index (κ2) is 9.27. The Hall–Kier alpha value is -2.91. The Morgan fingerprint density at radius 2 is 1.77 bits per heavy atom. The summed E-state index contributed by atoms with van der Waals surface area (Å²) in [6, 6.07) is 17.8. The van der Waals surface area contributed by atoms with E-state index < -0.39 is 28.3 Å². The molecule has 0 heterocycles. The molecule has 0 spiro atoms. The fraction of sp³-hybridized carbons (Fsp3) is 0.0952. The summed E-state index contributed by atoms with van der Waals surface area (Å²) in [7, 11) is -2.78. The molecular weight excluding hydrogens is 475 g/mol. The number of hydrogen-bond donors (Lipinski definition) is 1. The van der Waals surface area contributed by atoms with Crippen molar-refractivity contribution in [1.82, 2.24) is 0 Å². The highest BCUT2D eigenvalue weighted by molar-refractivity contribution is 9.10. The van der Waals surface area contributed by atoms with Gasteiger partial charge in [-0.15, -0.1) is 0 Å². The average molecular weight is 493 g/mol. The Morgan fingerprint density at radius 1 is 1.07 bits per heavy atom. The minimum atomic E-state index is -4.18. The Morgan fingerprint density at radius 3 is 2.43 bits per heavy atom. The number of anilines is 2. The second-order valence-corrected chi connectivity index (χ2v) is 8.97. The second-order valence-electron chi connectivity index (χ2n) is 6.20. The van der Waals surface area contributed by atoms with E-state index in [4.69, 9.17) is 4.74 Å². The number of carbonyl (C=O) groups excluding carboxylic acids is 1. The van der Waals surface area contributed by atoms with E-state index >= 15 is 0 Å². The van der Waals surface area contributed by atoms with E-state index in [-0.39, 0.29) is 16.3 Å². The molecule has 0 saturated heterocycles. The molecule has 1 amide bonds. The van der Waals surface area contributed by atoms with Crippen molar-refractivity contribution in [2.24, 2.45) is 0 Å².